The third-order valence-electron chi connectivity index (χ3n) is 4.17. The van der Waals surface area contributed by atoms with E-state index in [-0.39, 0.29) is 11.4 Å². The molecular formula is C18H19NO5S. The van der Waals surface area contributed by atoms with Crippen LogP contribution >= 0.6 is 0 Å². The van der Waals surface area contributed by atoms with Crippen LogP contribution in [0.2, 0.25) is 0 Å². The number of sulfonamides is 1. The van der Waals surface area contributed by atoms with Gasteiger partial charge in [0.1, 0.15) is 18.4 Å². The van der Waals surface area contributed by atoms with E-state index >= 15 is 0 Å². The zero-order valence-electron chi connectivity index (χ0n) is 13.5. The van der Waals surface area contributed by atoms with Crippen molar-refractivity contribution in [3.05, 3.63) is 60.2 Å². The van der Waals surface area contributed by atoms with Gasteiger partial charge in [0.05, 0.1) is 4.90 Å². The summed E-state index contributed by atoms with van der Waals surface area (Å²) in [5, 5.41) is 9.19. The Morgan fingerprint density at radius 2 is 1.80 bits per heavy atom. The van der Waals surface area contributed by atoms with Crippen molar-refractivity contribution in [2.24, 2.45) is 0 Å². The van der Waals surface area contributed by atoms with Crippen molar-refractivity contribution in [1.29, 1.82) is 0 Å². The monoisotopic (exact) mass is 361 g/mol. The Morgan fingerprint density at radius 3 is 2.44 bits per heavy atom. The van der Waals surface area contributed by atoms with Gasteiger partial charge in [0.2, 0.25) is 10.0 Å². The topological polar surface area (TPSA) is 83.9 Å². The van der Waals surface area contributed by atoms with E-state index in [2.05, 4.69) is 0 Å². The maximum absolute atomic E-state index is 12.7. The molecule has 3 rings (SSSR count). The molecule has 1 atom stereocenters. The molecule has 0 amide bonds. The summed E-state index contributed by atoms with van der Waals surface area (Å²) >= 11 is 0. The van der Waals surface area contributed by atoms with E-state index < -0.39 is 22.0 Å². The summed E-state index contributed by atoms with van der Waals surface area (Å²) in [6.45, 7) is 0.617. The molecule has 0 unspecified atom stereocenters. The lowest BCUT2D eigenvalue weighted by molar-refractivity contribution is -0.140. The number of carboxylic acid groups (broad SMARTS) is 1. The number of aliphatic carboxylic acids is 1. The minimum absolute atomic E-state index is 0.0766. The highest BCUT2D eigenvalue weighted by atomic mass is 32.2. The first-order chi connectivity index (χ1) is 12.0. The number of rotatable bonds is 6. The van der Waals surface area contributed by atoms with Crippen LogP contribution in [0.5, 0.6) is 5.75 Å². The average Bonchev–Trinajstić information content (AvgIpc) is 3.12. The van der Waals surface area contributed by atoms with Crippen molar-refractivity contribution in [3.8, 4) is 5.75 Å². The van der Waals surface area contributed by atoms with Gasteiger partial charge in [-0.25, -0.2) is 8.42 Å². The lowest BCUT2D eigenvalue weighted by Crippen LogP contribution is -2.40. The van der Waals surface area contributed by atoms with E-state index in [0.29, 0.717) is 25.2 Å². The van der Waals surface area contributed by atoms with Crippen LogP contribution in [0.3, 0.4) is 0 Å². The third kappa shape index (κ3) is 3.83. The molecule has 7 heteroatoms. The highest BCUT2D eigenvalue weighted by Crippen LogP contribution is 2.27. The fourth-order valence-electron chi connectivity index (χ4n) is 2.86. The Labute approximate surface area is 146 Å². The van der Waals surface area contributed by atoms with Crippen LogP contribution in [0.1, 0.15) is 18.4 Å². The number of carboxylic acids is 1. The van der Waals surface area contributed by atoms with E-state index in [0.717, 1.165) is 9.87 Å². The van der Waals surface area contributed by atoms with Gasteiger partial charge in [0.15, 0.2) is 0 Å². The maximum Gasteiger partial charge on any atom is 0.322 e. The normalized spacial score (nSPS) is 18.2. The Bertz CT molecular complexity index is 834. The van der Waals surface area contributed by atoms with Gasteiger partial charge < -0.3 is 9.84 Å². The fourth-order valence-corrected chi connectivity index (χ4v) is 4.51. The molecule has 1 heterocycles. The molecule has 0 radical (unpaired) electrons. The summed E-state index contributed by atoms with van der Waals surface area (Å²) in [4.78, 5) is 11.3. The van der Waals surface area contributed by atoms with Crippen molar-refractivity contribution >= 4 is 16.0 Å². The summed E-state index contributed by atoms with van der Waals surface area (Å²) < 4.78 is 32.0. The first-order valence-electron chi connectivity index (χ1n) is 8.00. The van der Waals surface area contributed by atoms with Crippen LogP contribution in [0.4, 0.5) is 0 Å². The molecule has 0 aliphatic carbocycles. The van der Waals surface area contributed by atoms with E-state index in [4.69, 9.17) is 4.74 Å². The molecule has 0 saturated carbocycles. The zero-order chi connectivity index (χ0) is 17.9. The molecule has 1 aliphatic rings. The second-order valence-corrected chi connectivity index (χ2v) is 7.75. The molecule has 0 spiro atoms. The van der Waals surface area contributed by atoms with E-state index in [1.54, 1.807) is 12.1 Å². The minimum atomic E-state index is -3.82. The standard InChI is InChI=1S/C18H19NO5S/c20-18(21)17-7-4-12-19(17)25(22,23)16-10-8-15(9-11-16)24-13-14-5-2-1-3-6-14/h1-3,5-6,8-11,17H,4,7,12-13H2,(H,20,21)/t17-/m0/s1. The predicted octanol–water partition coefficient (Wildman–Crippen LogP) is 2.50. The number of nitrogens with zero attached hydrogens (tertiary/aromatic N) is 1. The Morgan fingerprint density at radius 1 is 1.12 bits per heavy atom. The molecule has 6 nitrogen and oxygen atoms in total. The van der Waals surface area contributed by atoms with Crippen LogP contribution in [0.25, 0.3) is 0 Å². The SMILES string of the molecule is O=C(O)[C@@H]1CCCN1S(=O)(=O)c1ccc(OCc2ccccc2)cc1. The predicted molar refractivity (Wildman–Crippen MR) is 91.8 cm³/mol. The number of hydrogen-bond donors (Lipinski definition) is 1. The lowest BCUT2D eigenvalue weighted by atomic mass is 10.2. The summed E-state index contributed by atoms with van der Waals surface area (Å²) in [5.41, 5.74) is 1.01. The fraction of sp³-hybridized carbons (Fsp3) is 0.278. The van der Waals surface area contributed by atoms with Crippen molar-refractivity contribution < 1.29 is 23.1 Å². The van der Waals surface area contributed by atoms with Gasteiger partial charge in [-0.05, 0) is 42.7 Å². The van der Waals surface area contributed by atoms with Crippen LogP contribution in [-0.4, -0.2) is 36.4 Å². The molecule has 0 aromatic heterocycles. The quantitative estimate of drug-likeness (QED) is 0.855. The number of hydrogen-bond acceptors (Lipinski definition) is 4. The highest BCUT2D eigenvalue weighted by molar-refractivity contribution is 7.89. The van der Waals surface area contributed by atoms with E-state index in [1.165, 1.54) is 12.1 Å². The van der Waals surface area contributed by atoms with Gasteiger partial charge in [0.25, 0.3) is 0 Å². The first kappa shape index (κ1) is 17.4. The van der Waals surface area contributed by atoms with Crippen LogP contribution < -0.4 is 4.74 Å². The third-order valence-corrected chi connectivity index (χ3v) is 6.09. The van der Waals surface area contributed by atoms with Gasteiger partial charge in [0, 0.05) is 6.54 Å². The van der Waals surface area contributed by atoms with Gasteiger partial charge in [-0.3, -0.25) is 4.79 Å². The molecule has 132 valence electrons. The Balaban J connectivity index is 1.72. The molecule has 1 aliphatic heterocycles. The van der Waals surface area contributed by atoms with Crippen molar-refractivity contribution in [3.63, 3.8) is 0 Å². The zero-order valence-corrected chi connectivity index (χ0v) is 14.4. The van der Waals surface area contributed by atoms with Crippen LogP contribution in [-0.2, 0) is 21.4 Å². The minimum Gasteiger partial charge on any atom is -0.489 e. The summed E-state index contributed by atoms with van der Waals surface area (Å²) in [7, 11) is -3.82. The van der Waals surface area contributed by atoms with Crippen LogP contribution in [0.15, 0.2) is 59.5 Å². The highest BCUT2D eigenvalue weighted by Gasteiger charge is 2.39. The van der Waals surface area contributed by atoms with Crippen molar-refractivity contribution in [1.82, 2.24) is 4.31 Å². The van der Waals surface area contributed by atoms with Crippen molar-refractivity contribution in [2.75, 3.05) is 6.54 Å². The number of carbonyl (C=O) groups is 1. The summed E-state index contributed by atoms with van der Waals surface area (Å²) in [5.74, 6) is -0.553. The van der Waals surface area contributed by atoms with Crippen molar-refractivity contribution in [2.45, 2.75) is 30.4 Å². The largest absolute Gasteiger partial charge is 0.489 e. The first-order valence-corrected chi connectivity index (χ1v) is 9.44. The van der Waals surface area contributed by atoms with Gasteiger partial charge in [-0.2, -0.15) is 4.31 Å². The van der Waals surface area contributed by atoms with Gasteiger partial charge in [-0.1, -0.05) is 30.3 Å². The lowest BCUT2D eigenvalue weighted by Gasteiger charge is -2.21. The molecular weight excluding hydrogens is 342 g/mol. The average molecular weight is 361 g/mol. The molecule has 1 N–H and O–H groups in total. The molecule has 2 aromatic rings. The summed E-state index contributed by atoms with van der Waals surface area (Å²) in [6.07, 6.45) is 0.890. The maximum atomic E-state index is 12.7. The number of benzene rings is 2. The smallest absolute Gasteiger partial charge is 0.322 e. The number of ether oxygens (including phenoxy) is 1. The molecule has 1 saturated heterocycles. The summed E-state index contributed by atoms with van der Waals surface area (Å²) in [6, 6.07) is 14.7. The Kier molecular flexibility index (Phi) is 5.06. The molecule has 0 bridgehead atoms. The van der Waals surface area contributed by atoms with Gasteiger partial charge >= 0.3 is 5.97 Å². The van der Waals surface area contributed by atoms with E-state index in [9.17, 15) is 18.3 Å². The Hall–Kier alpha value is -2.38. The molecule has 1 fully saturated rings. The van der Waals surface area contributed by atoms with Crippen LogP contribution in [0, 0.1) is 0 Å². The van der Waals surface area contributed by atoms with E-state index in [1.807, 2.05) is 30.3 Å². The molecule has 2 aromatic carbocycles. The van der Waals surface area contributed by atoms with Gasteiger partial charge in [-0.15, -0.1) is 0 Å². The second-order valence-electron chi connectivity index (χ2n) is 5.86. The second kappa shape index (κ2) is 7.25. The molecule has 25 heavy (non-hydrogen) atoms.